The maximum Gasteiger partial charge on any atom is 0.360 e. The lowest BCUT2D eigenvalue weighted by Gasteiger charge is -2.09. The van der Waals surface area contributed by atoms with Gasteiger partial charge in [-0.25, -0.2) is 9.18 Å². The number of carbonyl (C=O) groups is 1. The summed E-state index contributed by atoms with van der Waals surface area (Å²) in [5, 5.41) is 7.64. The van der Waals surface area contributed by atoms with Gasteiger partial charge in [0.25, 0.3) is 0 Å². The summed E-state index contributed by atoms with van der Waals surface area (Å²) in [5.74, 6) is 4.39. The van der Waals surface area contributed by atoms with Crippen LogP contribution in [0.3, 0.4) is 0 Å². The summed E-state index contributed by atoms with van der Waals surface area (Å²) >= 11 is 0. The highest BCUT2D eigenvalue weighted by molar-refractivity contribution is 6.43. The maximum atomic E-state index is 13.6. The highest BCUT2D eigenvalue weighted by atomic mass is 19.1. The van der Waals surface area contributed by atoms with E-state index in [0.717, 1.165) is 0 Å². The van der Waals surface area contributed by atoms with Crippen LogP contribution in [0.2, 0.25) is 0 Å². The largest absolute Gasteiger partial charge is 0.464 e. The standard InChI is InChI=1S/C21H19FN2O4/c1-15(12-13-16-8-5-7-11-19(16)22)23-28-14-17-9-4-6-10-18(17)20(24-27-3)21(25)26-2/h4-11H,14H2,1-3H3/b23-15+,24-20+. The number of ether oxygens (including phenoxy) is 1. The number of nitrogens with zero attached hydrogens (tertiary/aromatic N) is 2. The van der Waals surface area contributed by atoms with Crippen molar-refractivity contribution in [2.75, 3.05) is 14.2 Å². The molecule has 28 heavy (non-hydrogen) atoms. The summed E-state index contributed by atoms with van der Waals surface area (Å²) in [6.45, 7) is 1.71. The number of halogens is 1. The van der Waals surface area contributed by atoms with E-state index in [1.54, 1.807) is 49.4 Å². The molecule has 0 atom stereocenters. The zero-order valence-electron chi connectivity index (χ0n) is 15.7. The highest BCUT2D eigenvalue weighted by Crippen LogP contribution is 2.13. The van der Waals surface area contributed by atoms with Crippen molar-refractivity contribution in [1.29, 1.82) is 0 Å². The fourth-order valence-corrected chi connectivity index (χ4v) is 2.20. The van der Waals surface area contributed by atoms with Gasteiger partial charge in [0, 0.05) is 11.1 Å². The van der Waals surface area contributed by atoms with Crippen molar-refractivity contribution in [1.82, 2.24) is 0 Å². The molecule has 6 nitrogen and oxygen atoms in total. The van der Waals surface area contributed by atoms with Crippen LogP contribution < -0.4 is 0 Å². The predicted octanol–water partition coefficient (Wildman–Crippen LogP) is 3.29. The van der Waals surface area contributed by atoms with Gasteiger partial charge >= 0.3 is 5.97 Å². The molecule has 0 aromatic heterocycles. The van der Waals surface area contributed by atoms with E-state index >= 15 is 0 Å². The first kappa shape index (κ1) is 20.6. The van der Waals surface area contributed by atoms with Crippen LogP contribution in [0, 0.1) is 17.7 Å². The van der Waals surface area contributed by atoms with Crippen LogP contribution in [0.1, 0.15) is 23.6 Å². The first-order valence-electron chi connectivity index (χ1n) is 8.27. The average Bonchev–Trinajstić information content (AvgIpc) is 2.71. The monoisotopic (exact) mass is 382 g/mol. The highest BCUT2D eigenvalue weighted by Gasteiger charge is 2.19. The summed E-state index contributed by atoms with van der Waals surface area (Å²) in [5.41, 5.74) is 1.83. The first-order valence-corrected chi connectivity index (χ1v) is 8.27. The van der Waals surface area contributed by atoms with Crippen LogP contribution in [0.15, 0.2) is 58.8 Å². The molecule has 0 aliphatic carbocycles. The minimum atomic E-state index is -0.635. The zero-order valence-corrected chi connectivity index (χ0v) is 15.7. The van der Waals surface area contributed by atoms with Crippen molar-refractivity contribution in [3.8, 4) is 11.8 Å². The Morgan fingerprint density at radius 1 is 1.07 bits per heavy atom. The van der Waals surface area contributed by atoms with Crippen LogP contribution in [0.5, 0.6) is 0 Å². The summed E-state index contributed by atoms with van der Waals surface area (Å²) in [6.07, 6.45) is 0. The summed E-state index contributed by atoms with van der Waals surface area (Å²) in [4.78, 5) is 22.0. The SMILES string of the molecule is CO/N=C(/C(=O)OC)c1ccccc1CO/N=C(\C)C#Cc1ccccc1F. The molecule has 0 bridgehead atoms. The minimum Gasteiger partial charge on any atom is -0.464 e. The summed E-state index contributed by atoms with van der Waals surface area (Å²) < 4.78 is 18.3. The Bertz CT molecular complexity index is 958. The molecular weight excluding hydrogens is 363 g/mol. The van der Waals surface area contributed by atoms with Crippen LogP contribution in [-0.4, -0.2) is 31.6 Å². The number of carbonyl (C=O) groups excluding carboxylic acids is 1. The molecule has 7 heteroatoms. The Labute approximate surface area is 162 Å². The molecule has 0 N–H and O–H groups in total. The zero-order chi connectivity index (χ0) is 20.4. The molecule has 0 amide bonds. The van der Waals surface area contributed by atoms with Crippen molar-refractivity contribution in [2.45, 2.75) is 13.5 Å². The van der Waals surface area contributed by atoms with Gasteiger partial charge in [-0.1, -0.05) is 52.6 Å². The Morgan fingerprint density at radius 3 is 2.50 bits per heavy atom. The molecule has 0 heterocycles. The number of rotatable bonds is 6. The topological polar surface area (TPSA) is 69.5 Å². The second-order valence-electron chi connectivity index (χ2n) is 5.45. The van der Waals surface area contributed by atoms with E-state index in [4.69, 9.17) is 14.4 Å². The Hall–Kier alpha value is -3.66. The number of oxime groups is 2. The third kappa shape index (κ3) is 5.68. The van der Waals surface area contributed by atoms with E-state index in [-0.39, 0.29) is 17.9 Å². The van der Waals surface area contributed by atoms with Gasteiger partial charge in [0.05, 0.1) is 12.7 Å². The lowest BCUT2D eigenvalue weighted by atomic mass is 10.0. The molecule has 0 aliphatic rings. The molecule has 0 radical (unpaired) electrons. The average molecular weight is 382 g/mol. The molecule has 0 unspecified atom stereocenters. The fraction of sp³-hybridized carbons (Fsp3) is 0.190. The number of hydrogen-bond acceptors (Lipinski definition) is 6. The van der Waals surface area contributed by atoms with E-state index in [2.05, 4.69) is 22.2 Å². The number of esters is 1. The van der Waals surface area contributed by atoms with Gasteiger partial charge in [0.2, 0.25) is 0 Å². The van der Waals surface area contributed by atoms with Gasteiger partial charge in [-0.3, -0.25) is 0 Å². The fourth-order valence-electron chi connectivity index (χ4n) is 2.20. The summed E-state index contributed by atoms with van der Waals surface area (Å²) in [6, 6.07) is 13.2. The normalized spacial score (nSPS) is 11.3. The number of methoxy groups -OCH3 is 1. The van der Waals surface area contributed by atoms with Crippen molar-refractivity contribution >= 4 is 17.4 Å². The molecule has 0 saturated carbocycles. The molecule has 2 aromatic carbocycles. The third-order valence-corrected chi connectivity index (χ3v) is 3.51. The van der Waals surface area contributed by atoms with E-state index in [9.17, 15) is 9.18 Å². The number of hydrogen-bond donors (Lipinski definition) is 0. The molecule has 0 spiro atoms. The van der Waals surface area contributed by atoms with Crippen molar-refractivity contribution in [2.24, 2.45) is 10.3 Å². The van der Waals surface area contributed by atoms with Crippen LogP contribution >= 0.6 is 0 Å². The Balaban J connectivity index is 2.13. The van der Waals surface area contributed by atoms with E-state index < -0.39 is 11.8 Å². The van der Waals surface area contributed by atoms with Gasteiger partial charge < -0.3 is 14.4 Å². The predicted molar refractivity (Wildman–Crippen MR) is 103 cm³/mol. The second-order valence-corrected chi connectivity index (χ2v) is 5.45. The Kier molecular flexibility index (Phi) is 7.73. The van der Waals surface area contributed by atoms with Gasteiger partial charge in [-0.05, 0) is 25.0 Å². The summed E-state index contributed by atoms with van der Waals surface area (Å²) in [7, 11) is 2.60. The Morgan fingerprint density at radius 2 is 1.79 bits per heavy atom. The lowest BCUT2D eigenvalue weighted by molar-refractivity contribution is -0.132. The lowest BCUT2D eigenvalue weighted by Crippen LogP contribution is -2.19. The van der Waals surface area contributed by atoms with Crippen LogP contribution in [-0.2, 0) is 25.8 Å². The van der Waals surface area contributed by atoms with Gasteiger partial charge in [-0.15, -0.1) is 0 Å². The first-order chi connectivity index (χ1) is 13.6. The van der Waals surface area contributed by atoms with Crippen molar-refractivity contribution in [3.05, 3.63) is 71.0 Å². The van der Waals surface area contributed by atoms with Gasteiger partial charge in [-0.2, -0.15) is 0 Å². The van der Waals surface area contributed by atoms with E-state index in [1.807, 2.05) is 0 Å². The molecule has 0 saturated heterocycles. The quantitative estimate of drug-likeness (QED) is 0.333. The van der Waals surface area contributed by atoms with Crippen LogP contribution in [0.25, 0.3) is 0 Å². The molecule has 144 valence electrons. The van der Waals surface area contributed by atoms with Crippen molar-refractivity contribution in [3.63, 3.8) is 0 Å². The molecular formula is C21H19FN2O4. The second kappa shape index (κ2) is 10.5. The van der Waals surface area contributed by atoms with E-state index in [1.165, 1.54) is 20.3 Å². The van der Waals surface area contributed by atoms with Gasteiger partial charge in [0.15, 0.2) is 5.71 Å². The molecule has 0 aliphatic heterocycles. The molecule has 0 fully saturated rings. The van der Waals surface area contributed by atoms with Gasteiger partial charge in [0.1, 0.15) is 25.2 Å². The third-order valence-electron chi connectivity index (χ3n) is 3.51. The molecule has 2 rings (SSSR count). The minimum absolute atomic E-state index is 0.0178. The smallest absolute Gasteiger partial charge is 0.360 e. The maximum absolute atomic E-state index is 13.6. The molecule has 2 aromatic rings. The van der Waals surface area contributed by atoms with Crippen LogP contribution in [0.4, 0.5) is 4.39 Å². The van der Waals surface area contributed by atoms with E-state index in [0.29, 0.717) is 16.8 Å². The number of benzene rings is 2. The van der Waals surface area contributed by atoms with Crippen molar-refractivity contribution < 1.29 is 23.6 Å².